The minimum Gasteiger partial charge on any atom is -0.273 e. The average Bonchev–Trinajstić information content (AvgIpc) is 3.13. The van der Waals surface area contributed by atoms with Crippen LogP contribution in [0.3, 0.4) is 0 Å². The van der Waals surface area contributed by atoms with Gasteiger partial charge in [0.2, 0.25) is 23.6 Å². The Morgan fingerprint density at radius 3 is 1.07 bits per heavy atom. The average molecular weight is 388 g/mol. The number of hydrogen-bond acceptors (Lipinski definition) is 6. The molecule has 2 aliphatic heterocycles. The summed E-state index contributed by atoms with van der Waals surface area (Å²) in [6.45, 7) is 9.83. The van der Waals surface area contributed by atoms with Gasteiger partial charge in [0.1, 0.15) is 0 Å². The van der Waals surface area contributed by atoms with Crippen molar-refractivity contribution in [2.24, 2.45) is 35.5 Å². The fourth-order valence-corrected chi connectivity index (χ4v) is 5.77. The molecular weight excluding hydrogens is 360 g/mol. The first-order valence-corrected chi connectivity index (χ1v) is 10.4. The maximum Gasteiger partial charge on any atom is 0.248 e. The molecule has 3 fully saturated rings. The van der Waals surface area contributed by atoms with Crippen LogP contribution in [0.25, 0.3) is 0 Å². The molecule has 2 saturated heterocycles. The van der Waals surface area contributed by atoms with Crippen LogP contribution in [-0.2, 0) is 19.2 Å². The highest BCUT2D eigenvalue weighted by atomic mass is 16.2. The molecule has 28 heavy (non-hydrogen) atoms. The Bertz CT molecular complexity index is 651. The highest BCUT2D eigenvalue weighted by Gasteiger charge is 2.69. The zero-order chi connectivity index (χ0) is 20.3. The lowest BCUT2D eigenvalue weighted by atomic mass is 9.54. The number of carbonyl (C=O) groups excluding carboxylic acids is 4. The van der Waals surface area contributed by atoms with E-state index in [9.17, 15) is 19.2 Å². The van der Waals surface area contributed by atoms with Crippen molar-refractivity contribution in [3.05, 3.63) is 12.2 Å². The summed E-state index contributed by atoms with van der Waals surface area (Å²) < 4.78 is 0. The third kappa shape index (κ3) is 2.24. The van der Waals surface area contributed by atoms with Crippen LogP contribution in [-0.4, -0.2) is 69.8 Å². The molecular formula is C20H28N4O4. The molecule has 152 valence electrons. The summed E-state index contributed by atoms with van der Waals surface area (Å²) in [6.07, 6.45) is 3.81. The van der Waals surface area contributed by atoms with Crippen LogP contribution in [0.5, 0.6) is 0 Å². The molecule has 0 aromatic heterocycles. The van der Waals surface area contributed by atoms with Gasteiger partial charge in [-0.3, -0.25) is 19.2 Å². The van der Waals surface area contributed by atoms with E-state index in [4.69, 9.17) is 0 Å². The number of imide groups is 2. The minimum atomic E-state index is -0.544. The van der Waals surface area contributed by atoms with E-state index in [1.807, 2.05) is 39.8 Å². The molecule has 8 nitrogen and oxygen atoms in total. The van der Waals surface area contributed by atoms with Gasteiger partial charge < -0.3 is 0 Å². The van der Waals surface area contributed by atoms with Gasteiger partial charge in [0.15, 0.2) is 0 Å². The van der Waals surface area contributed by atoms with Gasteiger partial charge in [-0.1, -0.05) is 39.8 Å². The second-order valence-corrected chi connectivity index (χ2v) is 7.90. The Hall–Kier alpha value is -2.06. The first kappa shape index (κ1) is 19.3. The molecule has 6 atom stereocenters. The first-order valence-electron chi connectivity index (χ1n) is 10.4. The number of allylic oxidation sites excluding steroid dienone is 2. The van der Waals surface area contributed by atoms with Crippen molar-refractivity contribution in [2.45, 2.75) is 27.7 Å². The Balaban J connectivity index is 1.73. The van der Waals surface area contributed by atoms with Crippen LogP contribution in [0.2, 0.25) is 0 Å². The SMILES string of the molecule is CCN(CC)N1C(=O)[C@@H]2C3C=CC([C@@H]2C1=O)[C@@H]1C(=O)N(N(CC)CC)C(=O)[C@@H]31. The van der Waals surface area contributed by atoms with E-state index in [0.29, 0.717) is 26.2 Å². The molecule has 5 aliphatic rings. The second-order valence-electron chi connectivity index (χ2n) is 7.90. The molecule has 8 heteroatoms. The zero-order valence-corrected chi connectivity index (χ0v) is 16.9. The maximum absolute atomic E-state index is 13.2. The molecule has 0 radical (unpaired) electrons. The van der Waals surface area contributed by atoms with E-state index in [2.05, 4.69) is 0 Å². The van der Waals surface area contributed by atoms with Crippen LogP contribution in [0, 0.1) is 35.5 Å². The van der Waals surface area contributed by atoms with Gasteiger partial charge in [-0.2, -0.15) is 0 Å². The maximum atomic E-state index is 13.2. The van der Waals surface area contributed by atoms with Crippen molar-refractivity contribution >= 4 is 23.6 Å². The number of amides is 4. The highest BCUT2D eigenvalue weighted by Crippen LogP contribution is 2.58. The predicted molar refractivity (Wildman–Crippen MR) is 99.6 cm³/mol. The molecule has 0 spiro atoms. The summed E-state index contributed by atoms with van der Waals surface area (Å²) in [5, 5.41) is 6.04. The van der Waals surface area contributed by atoms with E-state index in [0.717, 1.165) is 0 Å². The van der Waals surface area contributed by atoms with Gasteiger partial charge in [-0.25, -0.2) is 20.0 Å². The van der Waals surface area contributed by atoms with E-state index < -0.39 is 35.5 Å². The summed E-state index contributed by atoms with van der Waals surface area (Å²) in [5.74, 6) is -3.86. The second kappa shape index (κ2) is 6.77. The van der Waals surface area contributed by atoms with Crippen LogP contribution in [0.4, 0.5) is 0 Å². The lowest BCUT2D eigenvalue weighted by molar-refractivity contribution is -0.158. The number of carbonyl (C=O) groups is 4. The quantitative estimate of drug-likeness (QED) is 0.487. The normalized spacial score (nSPS) is 36.4. The molecule has 2 unspecified atom stereocenters. The van der Waals surface area contributed by atoms with E-state index in [1.165, 1.54) is 10.0 Å². The smallest absolute Gasteiger partial charge is 0.248 e. The van der Waals surface area contributed by atoms with Crippen molar-refractivity contribution in [1.82, 2.24) is 20.0 Å². The summed E-state index contributed by atoms with van der Waals surface area (Å²) >= 11 is 0. The molecule has 5 rings (SSSR count). The van der Waals surface area contributed by atoms with Crippen molar-refractivity contribution < 1.29 is 19.2 Å². The summed E-state index contributed by atoms with van der Waals surface area (Å²) in [4.78, 5) is 52.9. The van der Waals surface area contributed by atoms with Gasteiger partial charge in [0, 0.05) is 38.0 Å². The van der Waals surface area contributed by atoms with Crippen LogP contribution in [0.1, 0.15) is 27.7 Å². The number of nitrogens with zero attached hydrogens (tertiary/aromatic N) is 4. The highest BCUT2D eigenvalue weighted by molar-refractivity contribution is 6.10. The summed E-state index contributed by atoms with van der Waals surface area (Å²) in [7, 11) is 0. The molecule has 1 saturated carbocycles. The Labute approximate surface area is 165 Å². The third-order valence-corrected chi connectivity index (χ3v) is 6.99. The summed E-state index contributed by atoms with van der Waals surface area (Å²) in [5.41, 5.74) is 0. The fourth-order valence-electron chi connectivity index (χ4n) is 5.77. The van der Waals surface area contributed by atoms with E-state index in [1.54, 1.807) is 10.0 Å². The molecule has 2 heterocycles. The minimum absolute atomic E-state index is 0.224. The number of hydrogen-bond donors (Lipinski definition) is 0. The monoisotopic (exact) mass is 388 g/mol. The van der Waals surface area contributed by atoms with Crippen molar-refractivity contribution in [3.8, 4) is 0 Å². The van der Waals surface area contributed by atoms with Gasteiger partial charge >= 0.3 is 0 Å². The molecule has 4 amide bonds. The number of rotatable bonds is 6. The Kier molecular flexibility index (Phi) is 4.66. The predicted octanol–water partition coefficient (Wildman–Crippen LogP) is 0.518. The lowest BCUT2D eigenvalue weighted by Crippen LogP contribution is -2.50. The van der Waals surface area contributed by atoms with Crippen molar-refractivity contribution in [1.29, 1.82) is 0 Å². The molecule has 0 N–H and O–H groups in total. The Morgan fingerprint density at radius 1 is 0.607 bits per heavy atom. The standard InChI is InChI=1S/C20H28N4O4/c1-5-21(6-2)23-17(25)13-11-9-10-12(14(13)18(23)26)16-15(11)19(27)24(20(16)28)22(7-3)8-4/h9-16H,5-8H2,1-4H3/t11?,12?,13-,14-,15-,16+/m0/s1. The van der Waals surface area contributed by atoms with E-state index >= 15 is 0 Å². The van der Waals surface area contributed by atoms with Gasteiger partial charge in [-0.05, 0) is 0 Å². The van der Waals surface area contributed by atoms with Gasteiger partial charge in [0.25, 0.3) is 0 Å². The topological polar surface area (TPSA) is 81.2 Å². The van der Waals surface area contributed by atoms with Crippen LogP contribution < -0.4 is 0 Å². The van der Waals surface area contributed by atoms with Crippen molar-refractivity contribution in [3.63, 3.8) is 0 Å². The third-order valence-electron chi connectivity index (χ3n) is 6.99. The van der Waals surface area contributed by atoms with Crippen molar-refractivity contribution in [2.75, 3.05) is 26.2 Å². The Morgan fingerprint density at radius 2 is 0.857 bits per heavy atom. The first-order chi connectivity index (χ1) is 13.4. The van der Waals surface area contributed by atoms with E-state index in [-0.39, 0.29) is 23.6 Å². The summed E-state index contributed by atoms with van der Waals surface area (Å²) in [6, 6.07) is 0. The fraction of sp³-hybridized carbons (Fsp3) is 0.700. The van der Waals surface area contributed by atoms with Crippen LogP contribution >= 0.6 is 0 Å². The molecule has 0 aromatic rings. The van der Waals surface area contributed by atoms with Gasteiger partial charge in [0.05, 0.1) is 23.7 Å². The molecule has 3 aliphatic carbocycles. The largest absolute Gasteiger partial charge is 0.273 e. The lowest BCUT2D eigenvalue weighted by Gasteiger charge is -2.44. The van der Waals surface area contributed by atoms with Crippen LogP contribution in [0.15, 0.2) is 12.2 Å². The molecule has 2 bridgehead atoms. The van der Waals surface area contributed by atoms with Gasteiger partial charge in [-0.15, -0.1) is 0 Å². The zero-order valence-electron chi connectivity index (χ0n) is 16.9. The molecule has 0 aromatic carbocycles. The number of hydrazine groups is 2.